The van der Waals surface area contributed by atoms with Crippen LogP contribution in [0.4, 0.5) is 0 Å². The molecular weight excluding hydrogens is 388 g/mol. The Morgan fingerprint density at radius 1 is 1.14 bits per heavy atom. The van der Waals surface area contributed by atoms with Gasteiger partial charge in [-0.15, -0.1) is 0 Å². The first-order chi connectivity index (χ1) is 14.2. The van der Waals surface area contributed by atoms with E-state index in [9.17, 15) is 4.79 Å². The summed E-state index contributed by atoms with van der Waals surface area (Å²) in [5, 5.41) is 0.727. The largest absolute Gasteiger partial charge is 0.478 e. The molecule has 29 heavy (non-hydrogen) atoms. The van der Waals surface area contributed by atoms with Crippen molar-refractivity contribution in [1.82, 2.24) is 9.88 Å². The number of fused-ring (bicyclic) bond motifs is 3. The molecule has 6 heteroatoms. The zero-order valence-electron chi connectivity index (χ0n) is 15.5. The lowest BCUT2D eigenvalue weighted by atomic mass is 10.0. The van der Waals surface area contributed by atoms with Gasteiger partial charge in [-0.1, -0.05) is 35.9 Å². The Kier molecular flexibility index (Phi) is 4.54. The number of carbonyl (C=O) groups is 1. The Hall–Kier alpha value is -3.15. The number of benzene rings is 2. The summed E-state index contributed by atoms with van der Waals surface area (Å²) in [4.78, 5) is 19.0. The third kappa shape index (κ3) is 3.39. The Bertz CT molecular complexity index is 1130. The van der Waals surface area contributed by atoms with Gasteiger partial charge in [-0.05, 0) is 41.5 Å². The van der Waals surface area contributed by atoms with E-state index in [2.05, 4.69) is 9.88 Å². The maximum absolute atomic E-state index is 12.8. The van der Waals surface area contributed by atoms with Crippen molar-refractivity contribution in [3.8, 4) is 11.5 Å². The fourth-order valence-corrected chi connectivity index (χ4v) is 3.78. The van der Waals surface area contributed by atoms with Crippen LogP contribution in [0.25, 0.3) is 6.08 Å². The Morgan fingerprint density at radius 3 is 2.86 bits per heavy atom. The third-order valence-corrected chi connectivity index (χ3v) is 5.38. The average molecular weight is 405 g/mol. The number of pyridine rings is 1. The van der Waals surface area contributed by atoms with Crippen molar-refractivity contribution in [3.05, 3.63) is 94.0 Å². The number of hydrogen-bond donors (Lipinski definition) is 0. The fourth-order valence-electron chi connectivity index (χ4n) is 3.59. The Morgan fingerprint density at radius 2 is 2.03 bits per heavy atom. The topological polar surface area (TPSA) is 51.7 Å². The minimum atomic E-state index is -0.130. The van der Waals surface area contributed by atoms with E-state index in [0.29, 0.717) is 36.9 Å². The van der Waals surface area contributed by atoms with Crippen LogP contribution in [0.1, 0.15) is 27.0 Å². The zero-order valence-corrected chi connectivity index (χ0v) is 16.2. The van der Waals surface area contributed by atoms with Crippen LogP contribution < -0.4 is 9.47 Å². The lowest BCUT2D eigenvalue weighted by Gasteiger charge is -2.30. The first-order valence-electron chi connectivity index (χ1n) is 9.28. The minimum Gasteiger partial charge on any atom is -0.478 e. The molecule has 2 aromatic carbocycles. The Labute approximate surface area is 173 Å². The summed E-state index contributed by atoms with van der Waals surface area (Å²) in [5.41, 5.74) is 3.28. The number of nitrogens with zero attached hydrogens (tertiary/aromatic N) is 2. The van der Waals surface area contributed by atoms with Crippen LogP contribution in [0.5, 0.6) is 11.5 Å². The number of hydrogen-bond acceptors (Lipinski definition) is 5. The molecule has 0 amide bonds. The highest BCUT2D eigenvalue weighted by atomic mass is 35.5. The number of halogens is 1. The molecule has 0 atom stereocenters. The molecule has 5 nitrogen and oxygen atoms in total. The van der Waals surface area contributed by atoms with Crippen LogP contribution in [0.15, 0.2) is 66.7 Å². The van der Waals surface area contributed by atoms with Crippen molar-refractivity contribution in [2.45, 2.75) is 13.1 Å². The van der Waals surface area contributed by atoms with E-state index in [1.807, 2.05) is 42.5 Å². The second kappa shape index (κ2) is 7.35. The Balaban J connectivity index is 1.44. The third-order valence-electron chi connectivity index (χ3n) is 5.02. The molecule has 0 aliphatic carbocycles. The van der Waals surface area contributed by atoms with Gasteiger partial charge >= 0.3 is 0 Å². The van der Waals surface area contributed by atoms with E-state index in [0.717, 1.165) is 27.5 Å². The molecule has 0 bridgehead atoms. The van der Waals surface area contributed by atoms with Crippen molar-refractivity contribution in [3.63, 3.8) is 0 Å². The molecule has 0 unspecified atom stereocenters. The number of rotatable bonds is 3. The highest BCUT2D eigenvalue weighted by Crippen LogP contribution is 2.42. The number of ketones is 1. The van der Waals surface area contributed by atoms with Crippen LogP contribution in [-0.2, 0) is 13.1 Å². The number of aromatic nitrogens is 1. The summed E-state index contributed by atoms with van der Waals surface area (Å²) in [6.07, 6.45) is 5.10. The fraction of sp³-hybridized carbons (Fsp3) is 0.130. The molecule has 0 spiro atoms. The highest BCUT2D eigenvalue weighted by Gasteiger charge is 2.33. The van der Waals surface area contributed by atoms with E-state index >= 15 is 0 Å². The SMILES string of the molecule is O=C1C(=Cc2cccnc2)Oc2c1ccc1c2CN(Cc2ccccc2Cl)CO1. The minimum absolute atomic E-state index is 0.130. The van der Waals surface area contributed by atoms with Gasteiger partial charge in [0, 0.05) is 30.5 Å². The van der Waals surface area contributed by atoms with Crippen molar-refractivity contribution in [1.29, 1.82) is 0 Å². The summed E-state index contributed by atoms with van der Waals surface area (Å²) in [5.74, 6) is 1.49. The summed E-state index contributed by atoms with van der Waals surface area (Å²) in [6.45, 7) is 1.70. The van der Waals surface area contributed by atoms with Crippen LogP contribution in [0.2, 0.25) is 5.02 Å². The molecule has 3 aromatic rings. The van der Waals surface area contributed by atoms with Crippen LogP contribution in [0, 0.1) is 0 Å². The van der Waals surface area contributed by atoms with E-state index < -0.39 is 0 Å². The van der Waals surface area contributed by atoms with Crippen molar-refractivity contribution in [2.75, 3.05) is 6.73 Å². The predicted molar refractivity (Wildman–Crippen MR) is 110 cm³/mol. The lowest BCUT2D eigenvalue weighted by molar-refractivity contribution is 0.0873. The lowest BCUT2D eigenvalue weighted by Crippen LogP contribution is -2.31. The van der Waals surface area contributed by atoms with Gasteiger partial charge in [0.15, 0.2) is 5.76 Å². The van der Waals surface area contributed by atoms with Gasteiger partial charge in [-0.3, -0.25) is 14.7 Å². The van der Waals surface area contributed by atoms with Crippen LogP contribution in [0.3, 0.4) is 0 Å². The molecule has 2 aliphatic rings. The normalized spacial score (nSPS) is 16.9. The smallest absolute Gasteiger partial charge is 0.231 e. The van der Waals surface area contributed by atoms with Gasteiger partial charge in [0.1, 0.15) is 18.2 Å². The summed E-state index contributed by atoms with van der Waals surface area (Å²) < 4.78 is 11.9. The van der Waals surface area contributed by atoms with E-state index in [4.69, 9.17) is 21.1 Å². The first kappa shape index (κ1) is 17.9. The predicted octanol–water partition coefficient (Wildman–Crippen LogP) is 4.70. The van der Waals surface area contributed by atoms with Gasteiger partial charge in [-0.2, -0.15) is 0 Å². The molecule has 2 aliphatic heterocycles. The molecule has 1 aromatic heterocycles. The second-order valence-corrected chi connectivity index (χ2v) is 7.40. The van der Waals surface area contributed by atoms with Gasteiger partial charge in [-0.25, -0.2) is 0 Å². The van der Waals surface area contributed by atoms with Crippen molar-refractivity contribution in [2.24, 2.45) is 0 Å². The summed E-state index contributed by atoms with van der Waals surface area (Å²) in [6, 6.07) is 15.1. The number of ether oxygens (including phenoxy) is 2. The molecule has 3 heterocycles. The van der Waals surface area contributed by atoms with Crippen LogP contribution >= 0.6 is 11.6 Å². The van der Waals surface area contributed by atoms with Crippen LogP contribution in [-0.4, -0.2) is 22.4 Å². The molecule has 144 valence electrons. The summed E-state index contributed by atoms with van der Waals surface area (Å²) in [7, 11) is 0. The maximum Gasteiger partial charge on any atom is 0.231 e. The average Bonchev–Trinajstić information content (AvgIpc) is 3.06. The summed E-state index contributed by atoms with van der Waals surface area (Å²) >= 11 is 6.30. The van der Waals surface area contributed by atoms with Gasteiger partial charge < -0.3 is 9.47 Å². The monoisotopic (exact) mass is 404 g/mol. The number of Topliss-reactive ketones (excluding diaryl/α,β-unsaturated/α-hetero) is 1. The van der Waals surface area contributed by atoms with E-state index in [-0.39, 0.29) is 5.78 Å². The second-order valence-electron chi connectivity index (χ2n) is 7.00. The molecular formula is C23H17ClN2O3. The molecule has 0 saturated carbocycles. The maximum atomic E-state index is 12.8. The quantitative estimate of drug-likeness (QED) is 0.592. The molecule has 0 N–H and O–H groups in total. The van der Waals surface area contributed by atoms with Crippen molar-refractivity contribution < 1.29 is 14.3 Å². The molecule has 0 fully saturated rings. The van der Waals surface area contributed by atoms with Gasteiger partial charge in [0.05, 0.1) is 11.1 Å². The number of allylic oxidation sites excluding steroid dienone is 1. The molecule has 0 radical (unpaired) electrons. The van der Waals surface area contributed by atoms with E-state index in [1.54, 1.807) is 24.5 Å². The molecule has 0 saturated heterocycles. The first-order valence-corrected chi connectivity index (χ1v) is 9.65. The van der Waals surface area contributed by atoms with Gasteiger partial charge in [0.25, 0.3) is 0 Å². The standard InChI is InChI=1S/C23H17ClN2O3/c24-19-6-2-1-5-16(19)12-26-13-18-20(28-14-26)8-7-17-22(27)21(29-23(17)18)10-15-4-3-9-25-11-15/h1-11H,12-14H2. The van der Waals surface area contributed by atoms with E-state index in [1.165, 1.54) is 0 Å². The van der Waals surface area contributed by atoms with Crippen molar-refractivity contribution >= 4 is 23.5 Å². The highest BCUT2D eigenvalue weighted by molar-refractivity contribution is 6.31. The zero-order chi connectivity index (χ0) is 19.8. The van der Waals surface area contributed by atoms with Gasteiger partial charge in [0.2, 0.25) is 5.78 Å². The molecule has 5 rings (SSSR count). The number of carbonyl (C=O) groups excluding carboxylic acids is 1.